The van der Waals surface area contributed by atoms with Crippen molar-refractivity contribution >= 4 is 0 Å². The Balaban J connectivity index is 1.88. The van der Waals surface area contributed by atoms with Crippen molar-refractivity contribution in [2.75, 3.05) is 0 Å². The molecule has 0 saturated carbocycles. The van der Waals surface area contributed by atoms with Crippen LogP contribution in [0.5, 0.6) is 0 Å². The second-order valence-electron chi connectivity index (χ2n) is 6.67. The summed E-state index contributed by atoms with van der Waals surface area (Å²) < 4.78 is 2.40. The van der Waals surface area contributed by atoms with Crippen molar-refractivity contribution in [1.29, 1.82) is 0 Å². The zero-order valence-corrected chi connectivity index (χ0v) is 12.5. The van der Waals surface area contributed by atoms with Crippen molar-refractivity contribution < 1.29 is 0 Å². The van der Waals surface area contributed by atoms with Crippen LogP contribution >= 0.6 is 0 Å². The average Bonchev–Trinajstić information content (AvgIpc) is 2.94. The first kappa shape index (κ1) is 13.4. The molecule has 0 amide bonds. The van der Waals surface area contributed by atoms with E-state index in [2.05, 4.69) is 46.6 Å². The van der Waals surface area contributed by atoms with Crippen LogP contribution in [0, 0.1) is 12.3 Å². The van der Waals surface area contributed by atoms with E-state index < -0.39 is 0 Å². The van der Waals surface area contributed by atoms with Gasteiger partial charge in [0.25, 0.3) is 0 Å². The summed E-state index contributed by atoms with van der Waals surface area (Å²) in [4.78, 5) is 4.20. The molecule has 2 heterocycles. The highest BCUT2D eigenvalue weighted by molar-refractivity contribution is 5.34. The summed E-state index contributed by atoms with van der Waals surface area (Å²) in [5.41, 5.74) is 10.7. The lowest BCUT2D eigenvalue weighted by atomic mass is 9.74. The number of fused-ring (bicyclic) bond motifs is 1. The van der Waals surface area contributed by atoms with E-state index in [0.29, 0.717) is 0 Å². The van der Waals surface area contributed by atoms with Crippen molar-refractivity contribution in [2.24, 2.45) is 11.1 Å². The van der Waals surface area contributed by atoms with Gasteiger partial charge in [0, 0.05) is 30.4 Å². The first-order valence-corrected chi connectivity index (χ1v) is 7.25. The van der Waals surface area contributed by atoms with E-state index >= 15 is 0 Å². The van der Waals surface area contributed by atoms with Gasteiger partial charge in [-0.3, -0.25) is 5.10 Å². The minimum atomic E-state index is 0.166. The molecule has 0 fully saturated rings. The summed E-state index contributed by atoms with van der Waals surface area (Å²) in [6.07, 6.45) is 4.59. The molecule has 0 radical (unpaired) electrons. The molecule has 2 aromatic rings. The summed E-state index contributed by atoms with van der Waals surface area (Å²) in [6.45, 7) is 7.70. The van der Waals surface area contributed by atoms with Crippen LogP contribution in [0.1, 0.15) is 49.1 Å². The highest BCUT2D eigenvalue weighted by atomic mass is 15.2. The van der Waals surface area contributed by atoms with Crippen LogP contribution in [0.15, 0.2) is 12.4 Å². The van der Waals surface area contributed by atoms with Gasteiger partial charge in [-0.25, -0.2) is 4.98 Å². The predicted octanol–water partition coefficient (Wildman–Crippen LogP) is 2.13. The molecule has 1 atom stereocenters. The van der Waals surface area contributed by atoms with Gasteiger partial charge in [0.1, 0.15) is 12.2 Å². The highest BCUT2D eigenvalue weighted by Gasteiger charge is 2.33. The van der Waals surface area contributed by atoms with Crippen molar-refractivity contribution in [3.05, 3.63) is 35.2 Å². The molecule has 0 aliphatic heterocycles. The second kappa shape index (κ2) is 4.74. The third-order valence-corrected chi connectivity index (χ3v) is 4.30. The number of nitrogens with two attached hydrogens (primary N) is 1. The van der Waals surface area contributed by atoms with E-state index in [4.69, 9.17) is 5.73 Å². The molecule has 3 N–H and O–H groups in total. The molecule has 5 nitrogen and oxygen atoms in total. The molecule has 2 aromatic heterocycles. The lowest BCUT2D eigenvalue weighted by molar-refractivity contribution is 0.275. The van der Waals surface area contributed by atoms with Gasteiger partial charge in [0.05, 0.1) is 0 Å². The molecule has 108 valence electrons. The first-order valence-electron chi connectivity index (χ1n) is 7.25. The molecule has 20 heavy (non-hydrogen) atoms. The van der Waals surface area contributed by atoms with Gasteiger partial charge in [-0.1, -0.05) is 13.8 Å². The molecule has 0 saturated heterocycles. The number of aromatic nitrogens is 4. The topological polar surface area (TPSA) is 72.5 Å². The third kappa shape index (κ3) is 2.38. The molecular weight excluding hydrogens is 250 g/mol. The fourth-order valence-electron chi connectivity index (χ4n) is 3.38. The fourth-order valence-corrected chi connectivity index (χ4v) is 3.38. The number of rotatable bonds is 3. The Hall–Kier alpha value is -1.62. The van der Waals surface area contributed by atoms with Crippen LogP contribution in [-0.2, 0) is 19.4 Å². The lowest BCUT2D eigenvalue weighted by Gasteiger charge is -2.34. The molecular formula is C15H23N5. The Morgan fingerprint density at radius 3 is 3.00 bits per heavy atom. The van der Waals surface area contributed by atoms with Crippen molar-refractivity contribution in [3.63, 3.8) is 0 Å². The summed E-state index contributed by atoms with van der Waals surface area (Å²) in [5, 5.41) is 6.83. The Morgan fingerprint density at radius 2 is 2.30 bits per heavy atom. The molecule has 1 aliphatic rings. The van der Waals surface area contributed by atoms with Crippen LogP contribution < -0.4 is 5.73 Å². The number of nitrogens with one attached hydrogen (secondary N) is 1. The monoisotopic (exact) mass is 273 g/mol. The van der Waals surface area contributed by atoms with Crippen molar-refractivity contribution in [2.45, 2.75) is 52.6 Å². The molecule has 0 spiro atoms. The zero-order valence-electron chi connectivity index (χ0n) is 12.5. The molecule has 1 aliphatic carbocycles. The number of nitrogens with zero attached hydrogens (tertiary/aromatic N) is 3. The van der Waals surface area contributed by atoms with E-state index in [1.165, 1.54) is 17.0 Å². The number of hydrogen-bond donors (Lipinski definition) is 2. The molecule has 0 aromatic carbocycles. The van der Waals surface area contributed by atoms with Crippen LogP contribution in [0.3, 0.4) is 0 Å². The summed E-state index contributed by atoms with van der Waals surface area (Å²) in [6, 6.07) is 2.43. The number of aromatic amines is 1. The van der Waals surface area contributed by atoms with Gasteiger partial charge >= 0.3 is 0 Å². The predicted molar refractivity (Wildman–Crippen MR) is 78.3 cm³/mol. The molecule has 1 unspecified atom stereocenters. The van der Waals surface area contributed by atoms with Crippen molar-refractivity contribution in [3.8, 4) is 0 Å². The third-order valence-electron chi connectivity index (χ3n) is 4.30. The van der Waals surface area contributed by atoms with E-state index in [-0.39, 0.29) is 11.5 Å². The largest absolute Gasteiger partial charge is 0.348 e. The van der Waals surface area contributed by atoms with Crippen LogP contribution in [-0.4, -0.2) is 19.7 Å². The minimum absolute atomic E-state index is 0.166. The quantitative estimate of drug-likeness (QED) is 0.899. The smallest absolute Gasteiger partial charge is 0.137 e. The molecule has 3 rings (SSSR count). The fraction of sp³-hybridized carbons (Fsp3) is 0.600. The standard InChI is InChI=1S/C15H23N5/c1-10-6-11-12(16)7-15(2,3)8-13(11)20(10)5-4-14-17-9-18-19-14/h6,9,12H,4-5,7-8,16H2,1-3H3,(H,17,18,19). The minimum Gasteiger partial charge on any atom is -0.348 e. The second-order valence-corrected chi connectivity index (χ2v) is 6.67. The number of hydrogen-bond acceptors (Lipinski definition) is 3. The zero-order chi connectivity index (χ0) is 14.3. The van der Waals surface area contributed by atoms with Gasteiger partial charge < -0.3 is 10.3 Å². The molecule has 5 heteroatoms. The maximum atomic E-state index is 6.35. The Labute approximate surface area is 119 Å². The van der Waals surface area contributed by atoms with Crippen LogP contribution in [0.2, 0.25) is 0 Å². The maximum absolute atomic E-state index is 6.35. The summed E-state index contributed by atoms with van der Waals surface area (Å²) in [5.74, 6) is 0.936. The number of H-pyrrole nitrogens is 1. The van der Waals surface area contributed by atoms with Gasteiger partial charge in [-0.05, 0) is 36.8 Å². The van der Waals surface area contributed by atoms with Crippen LogP contribution in [0.4, 0.5) is 0 Å². The van der Waals surface area contributed by atoms with E-state index in [1.54, 1.807) is 6.33 Å². The van der Waals surface area contributed by atoms with E-state index in [1.807, 2.05) is 0 Å². The van der Waals surface area contributed by atoms with Gasteiger partial charge in [0.15, 0.2) is 0 Å². The van der Waals surface area contributed by atoms with E-state index in [0.717, 1.165) is 31.6 Å². The van der Waals surface area contributed by atoms with Crippen LogP contribution in [0.25, 0.3) is 0 Å². The van der Waals surface area contributed by atoms with Gasteiger partial charge in [-0.15, -0.1) is 0 Å². The summed E-state index contributed by atoms with van der Waals surface area (Å²) in [7, 11) is 0. The Morgan fingerprint density at radius 1 is 1.50 bits per heavy atom. The molecule has 0 bridgehead atoms. The highest BCUT2D eigenvalue weighted by Crippen LogP contribution is 2.40. The normalized spacial score (nSPS) is 20.9. The Bertz CT molecular complexity index is 594. The van der Waals surface area contributed by atoms with Crippen molar-refractivity contribution in [1.82, 2.24) is 19.7 Å². The van der Waals surface area contributed by atoms with Gasteiger partial charge in [0.2, 0.25) is 0 Å². The Kier molecular flexibility index (Phi) is 3.17. The number of aryl methyl sites for hydroxylation is 2. The summed E-state index contributed by atoms with van der Waals surface area (Å²) >= 11 is 0. The first-order chi connectivity index (χ1) is 9.46. The SMILES string of the molecule is Cc1cc2c(n1CCc1ncn[nH]1)CC(C)(C)CC2N. The maximum Gasteiger partial charge on any atom is 0.137 e. The average molecular weight is 273 g/mol. The van der Waals surface area contributed by atoms with E-state index in [9.17, 15) is 0 Å². The lowest BCUT2D eigenvalue weighted by Crippen LogP contribution is -2.30. The van der Waals surface area contributed by atoms with Gasteiger partial charge in [-0.2, -0.15) is 5.10 Å².